The largest absolute Gasteiger partial charge is 0.345 e. The summed E-state index contributed by atoms with van der Waals surface area (Å²) >= 11 is 5.01. The SMILES string of the molecule is Cc1ccc(C(=O)NCc2n[nH]c(=S)n2C)cc1C. The summed E-state index contributed by atoms with van der Waals surface area (Å²) in [6.07, 6.45) is 0. The molecule has 19 heavy (non-hydrogen) atoms. The van der Waals surface area contributed by atoms with Crippen molar-refractivity contribution in [3.63, 3.8) is 0 Å². The zero-order valence-electron chi connectivity index (χ0n) is 11.2. The first-order chi connectivity index (χ1) is 8.99. The first-order valence-corrected chi connectivity index (χ1v) is 6.35. The number of aryl methyl sites for hydroxylation is 2. The van der Waals surface area contributed by atoms with E-state index in [0.29, 0.717) is 22.7 Å². The maximum atomic E-state index is 12.0. The highest BCUT2D eigenvalue weighted by Crippen LogP contribution is 2.09. The standard InChI is InChI=1S/C13H16N4OS/c1-8-4-5-10(6-9(8)2)12(18)14-7-11-15-16-13(19)17(11)3/h4-6H,7H2,1-3H3,(H,14,18)(H,16,19). The predicted molar refractivity (Wildman–Crippen MR) is 75.5 cm³/mol. The molecule has 0 saturated heterocycles. The molecule has 0 aliphatic rings. The lowest BCUT2D eigenvalue weighted by molar-refractivity contribution is 0.0949. The zero-order chi connectivity index (χ0) is 14.0. The molecule has 100 valence electrons. The molecule has 5 nitrogen and oxygen atoms in total. The average Bonchev–Trinajstić information content (AvgIpc) is 2.70. The Labute approximate surface area is 116 Å². The molecule has 1 aromatic carbocycles. The minimum Gasteiger partial charge on any atom is -0.345 e. The van der Waals surface area contributed by atoms with Gasteiger partial charge < -0.3 is 9.88 Å². The normalized spacial score (nSPS) is 10.5. The summed E-state index contributed by atoms with van der Waals surface area (Å²) < 4.78 is 2.27. The fraction of sp³-hybridized carbons (Fsp3) is 0.308. The molecular formula is C13H16N4OS. The van der Waals surface area contributed by atoms with Gasteiger partial charge in [0.05, 0.1) is 6.54 Å². The van der Waals surface area contributed by atoms with E-state index in [4.69, 9.17) is 12.2 Å². The maximum Gasteiger partial charge on any atom is 0.251 e. The molecule has 0 unspecified atom stereocenters. The first-order valence-electron chi connectivity index (χ1n) is 5.95. The maximum absolute atomic E-state index is 12.0. The number of nitrogens with one attached hydrogen (secondary N) is 2. The van der Waals surface area contributed by atoms with Crippen molar-refractivity contribution in [3.8, 4) is 0 Å². The van der Waals surface area contributed by atoms with Crippen LogP contribution in [0.15, 0.2) is 18.2 Å². The van der Waals surface area contributed by atoms with E-state index >= 15 is 0 Å². The Morgan fingerprint density at radius 1 is 1.42 bits per heavy atom. The molecule has 0 radical (unpaired) electrons. The number of hydrogen-bond donors (Lipinski definition) is 2. The molecular weight excluding hydrogens is 260 g/mol. The quantitative estimate of drug-likeness (QED) is 0.843. The van der Waals surface area contributed by atoms with Crippen LogP contribution in [0.3, 0.4) is 0 Å². The molecule has 0 aliphatic heterocycles. The highest BCUT2D eigenvalue weighted by Gasteiger charge is 2.08. The number of aromatic amines is 1. The smallest absolute Gasteiger partial charge is 0.251 e. The summed E-state index contributed by atoms with van der Waals surface area (Å²) in [7, 11) is 1.81. The van der Waals surface area contributed by atoms with E-state index in [0.717, 1.165) is 5.56 Å². The number of H-pyrrole nitrogens is 1. The van der Waals surface area contributed by atoms with E-state index < -0.39 is 0 Å². The number of amides is 1. The number of aromatic nitrogens is 3. The molecule has 0 saturated carbocycles. The van der Waals surface area contributed by atoms with E-state index in [-0.39, 0.29) is 5.91 Å². The number of nitrogens with zero attached hydrogens (tertiary/aromatic N) is 2. The molecule has 1 amide bonds. The van der Waals surface area contributed by atoms with Crippen molar-refractivity contribution >= 4 is 18.1 Å². The third-order valence-corrected chi connectivity index (χ3v) is 3.51. The zero-order valence-corrected chi connectivity index (χ0v) is 12.0. The van der Waals surface area contributed by atoms with E-state index in [1.54, 1.807) is 4.57 Å². The average molecular weight is 276 g/mol. The summed E-state index contributed by atoms with van der Waals surface area (Å²) in [5, 5.41) is 9.55. The van der Waals surface area contributed by atoms with Gasteiger partial charge >= 0.3 is 0 Å². The van der Waals surface area contributed by atoms with Crippen LogP contribution in [-0.2, 0) is 13.6 Å². The summed E-state index contributed by atoms with van der Waals surface area (Å²) in [5.41, 5.74) is 2.93. The summed E-state index contributed by atoms with van der Waals surface area (Å²) in [6, 6.07) is 5.65. The third-order valence-electron chi connectivity index (χ3n) is 3.15. The highest BCUT2D eigenvalue weighted by atomic mass is 32.1. The van der Waals surface area contributed by atoms with Gasteiger partial charge in [0.1, 0.15) is 0 Å². The number of benzene rings is 1. The van der Waals surface area contributed by atoms with Crippen molar-refractivity contribution in [2.75, 3.05) is 0 Å². The van der Waals surface area contributed by atoms with E-state index in [9.17, 15) is 4.79 Å². The van der Waals surface area contributed by atoms with Gasteiger partial charge in [-0.3, -0.25) is 9.89 Å². The first kappa shape index (κ1) is 13.5. The van der Waals surface area contributed by atoms with Crippen LogP contribution in [-0.4, -0.2) is 20.7 Å². The number of hydrogen-bond acceptors (Lipinski definition) is 3. The molecule has 2 aromatic rings. The minimum atomic E-state index is -0.114. The van der Waals surface area contributed by atoms with Gasteiger partial charge in [0, 0.05) is 12.6 Å². The second kappa shape index (κ2) is 5.36. The Morgan fingerprint density at radius 3 is 2.74 bits per heavy atom. The number of carbonyl (C=O) groups excluding carboxylic acids is 1. The molecule has 0 atom stereocenters. The molecule has 1 heterocycles. The number of carbonyl (C=O) groups is 1. The fourth-order valence-corrected chi connectivity index (χ4v) is 1.83. The Hall–Kier alpha value is -1.95. The predicted octanol–water partition coefficient (Wildman–Crippen LogP) is 2.02. The minimum absolute atomic E-state index is 0.114. The Kier molecular flexibility index (Phi) is 3.80. The fourth-order valence-electron chi connectivity index (χ4n) is 1.68. The molecule has 0 spiro atoms. The van der Waals surface area contributed by atoms with Gasteiger partial charge in [-0.2, -0.15) is 5.10 Å². The Morgan fingerprint density at radius 2 is 2.16 bits per heavy atom. The van der Waals surface area contributed by atoms with Gasteiger partial charge in [-0.1, -0.05) is 6.07 Å². The van der Waals surface area contributed by atoms with Crippen LogP contribution in [0.1, 0.15) is 27.3 Å². The van der Waals surface area contributed by atoms with Crippen LogP contribution in [0.4, 0.5) is 0 Å². The van der Waals surface area contributed by atoms with Crippen LogP contribution < -0.4 is 5.32 Å². The summed E-state index contributed by atoms with van der Waals surface area (Å²) in [5.74, 6) is 0.583. The lowest BCUT2D eigenvalue weighted by Crippen LogP contribution is -2.24. The van der Waals surface area contributed by atoms with E-state index in [1.807, 2.05) is 39.1 Å². The van der Waals surface area contributed by atoms with Crippen molar-refractivity contribution in [2.24, 2.45) is 7.05 Å². The van der Waals surface area contributed by atoms with Crippen molar-refractivity contribution in [3.05, 3.63) is 45.5 Å². The highest BCUT2D eigenvalue weighted by molar-refractivity contribution is 7.71. The van der Waals surface area contributed by atoms with Crippen molar-refractivity contribution < 1.29 is 4.79 Å². The number of rotatable bonds is 3. The monoisotopic (exact) mass is 276 g/mol. The Balaban J connectivity index is 2.07. The molecule has 2 N–H and O–H groups in total. The second-order valence-corrected chi connectivity index (χ2v) is 4.87. The van der Waals surface area contributed by atoms with Crippen LogP contribution in [0.25, 0.3) is 0 Å². The van der Waals surface area contributed by atoms with Gasteiger partial charge in [0.15, 0.2) is 10.6 Å². The van der Waals surface area contributed by atoms with Crippen LogP contribution in [0.2, 0.25) is 0 Å². The molecule has 6 heteroatoms. The lowest BCUT2D eigenvalue weighted by atomic mass is 10.1. The molecule has 1 aromatic heterocycles. The summed E-state index contributed by atoms with van der Waals surface area (Å²) in [6.45, 7) is 4.35. The molecule has 0 fully saturated rings. The van der Waals surface area contributed by atoms with Gasteiger partial charge in [-0.15, -0.1) is 0 Å². The van der Waals surface area contributed by atoms with Crippen LogP contribution >= 0.6 is 12.2 Å². The van der Waals surface area contributed by atoms with Crippen LogP contribution in [0.5, 0.6) is 0 Å². The molecule has 0 bridgehead atoms. The van der Waals surface area contributed by atoms with Crippen molar-refractivity contribution in [1.29, 1.82) is 0 Å². The van der Waals surface area contributed by atoms with E-state index in [2.05, 4.69) is 15.5 Å². The molecule has 2 rings (SSSR count). The second-order valence-electron chi connectivity index (χ2n) is 4.49. The summed E-state index contributed by atoms with van der Waals surface area (Å²) in [4.78, 5) is 12.0. The third kappa shape index (κ3) is 2.90. The lowest BCUT2D eigenvalue weighted by Gasteiger charge is -2.06. The van der Waals surface area contributed by atoms with Gasteiger partial charge in [-0.05, 0) is 49.3 Å². The van der Waals surface area contributed by atoms with Gasteiger partial charge in [-0.25, -0.2) is 0 Å². The van der Waals surface area contributed by atoms with Crippen molar-refractivity contribution in [2.45, 2.75) is 20.4 Å². The van der Waals surface area contributed by atoms with E-state index in [1.165, 1.54) is 5.56 Å². The van der Waals surface area contributed by atoms with Gasteiger partial charge in [0.25, 0.3) is 5.91 Å². The van der Waals surface area contributed by atoms with Crippen molar-refractivity contribution in [1.82, 2.24) is 20.1 Å². The van der Waals surface area contributed by atoms with Crippen LogP contribution in [0, 0.1) is 18.6 Å². The Bertz CT molecular complexity index is 672. The molecule has 0 aliphatic carbocycles. The van der Waals surface area contributed by atoms with Gasteiger partial charge in [0.2, 0.25) is 0 Å². The topological polar surface area (TPSA) is 62.7 Å².